The van der Waals surface area contributed by atoms with E-state index in [1.807, 2.05) is 12.1 Å². The van der Waals surface area contributed by atoms with Crippen LogP contribution in [0.3, 0.4) is 0 Å². The summed E-state index contributed by atoms with van der Waals surface area (Å²) in [5.41, 5.74) is 7.28. The van der Waals surface area contributed by atoms with E-state index in [1.54, 1.807) is 36.4 Å². The normalized spacial score (nSPS) is 19.5. The molecule has 1 aliphatic rings. The molecule has 0 aromatic heterocycles. The van der Waals surface area contributed by atoms with E-state index in [2.05, 4.69) is 5.32 Å². The second-order valence-corrected chi connectivity index (χ2v) is 5.47. The molecule has 0 heterocycles. The molecule has 1 fully saturated rings. The van der Waals surface area contributed by atoms with Crippen molar-refractivity contribution in [3.05, 3.63) is 59.7 Å². The molecule has 1 aliphatic carbocycles. The monoisotopic (exact) mass is 296 g/mol. The molecule has 3 rings (SSSR count). The van der Waals surface area contributed by atoms with Gasteiger partial charge in [-0.3, -0.25) is 9.59 Å². The number of phenols is 1. The number of benzene rings is 2. The highest BCUT2D eigenvalue weighted by atomic mass is 16.3. The molecule has 1 saturated carbocycles. The molecule has 0 saturated heterocycles. The van der Waals surface area contributed by atoms with E-state index in [4.69, 9.17) is 5.73 Å². The van der Waals surface area contributed by atoms with Crippen molar-refractivity contribution >= 4 is 17.5 Å². The number of hydrogen-bond donors (Lipinski definition) is 3. The van der Waals surface area contributed by atoms with E-state index in [-0.39, 0.29) is 23.5 Å². The van der Waals surface area contributed by atoms with Crippen molar-refractivity contribution in [2.75, 3.05) is 5.32 Å². The zero-order valence-corrected chi connectivity index (χ0v) is 11.8. The lowest BCUT2D eigenvalue weighted by Crippen LogP contribution is -2.15. The third-order valence-electron chi connectivity index (χ3n) is 3.89. The molecule has 2 atom stereocenters. The van der Waals surface area contributed by atoms with Crippen LogP contribution in [0.5, 0.6) is 5.75 Å². The van der Waals surface area contributed by atoms with Gasteiger partial charge >= 0.3 is 0 Å². The second-order valence-electron chi connectivity index (χ2n) is 5.47. The third kappa shape index (κ3) is 2.93. The zero-order valence-electron chi connectivity index (χ0n) is 11.8. The van der Waals surface area contributed by atoms with Crippen molar-refractivity contribution in [3.63, 3.8) is 0 Å². The number of hydrogen-bond acceptors (Lipinski definition) is 3. The Labute approximate surface area is 127 Å². The lowest BCUT2D eigenvalue weighted by atomic mass is 10.1. The van der Waals surface area contributed by atoms with Crippen LogP contribution in [-0.2, 0) is 4.79 Å². The fourth-order valence-corrected chi connectivity index (χ4v) is 2.53. The fourth-order valence-electron chi connectivity index (χ4n) is 2.53. The minimum Gasteiger partial charge on any atom is -0.508 e. The van der Waals surface area contributed by atoms with Gasteiger partial charge in [0.2, 0.25) is 11.8 Å². The first-order chi connectivity index (χ1) is 10.5. The molecule has 0 aliphatic heterocycles. The van der Waals surface area contributed by atoms with Crippen LogP contribution in [0.2, 0.25) is 0 Å². The van der Waals surface area contributed by atoms with Gasteiger partial charge in [-0.1, -0.05) is 12.1 Å². The van der Waals surface area contributed by atoms with E-state index in [9.17, 15) is 14.7 Å². The molecule has 2 amide bonds. The van der Waals surface area contributed by atoms with Gasteiger partial charge in [-0.05, 0) is 54.3 Å². The van der Waals surface area contributed by atoms with Gasteiger partial charge in [-0.25, -0.2) is 0 Å². The van der Waals surface area contributed by atoms with Gasteiger partial charge in [0.25, 0.3) is 0 Å². The number of nitrogens with one attached hydrogen (secondary N) is 1. The first kappa shape index (κ1) is 14.1. The number of primary amides is 1. The summed E-state index contributed by atoms with van der Waals surface area (Å²) in [5.74, 6) is -0.164. The Kier molecular flexibility index (Phi) is 3.55. The molecule has 22 heavy (non-hydrogen) atoms. The first-order valence-electron chi connectivity index (χ1n) is 7.04. The molecular weight excluding hydrogens is 280 g/mol. The minimum absolute atomic E-state index is 0.0371. The summed E-state index contributed by atoms with van der Waals surface area (Å²) in [4.78, 5) is 23.2. The molecule has 112 valence electrons. The molecule has 2 aromatic carbocycles. The van der Waals surface area contributed by atoms with E-state index in [0.29, 0.717) is 11.3 Å². The lowest BCUT2D eigenvalue weighted by Gasteiger charge is -2.06. The van der Waals surface area contributed by atoms with Crippen LogP contribution < -0.4 is 11.1 Å². The summed E-state index contributed by atoms with van der Waals surface area (Å²) >= 11 is 0. The van der Waals surface area contributed by atoms with E-state index < -0.39 is 5.91 Å². The molecule has 5 heteroatoms. The number of anilines is 1. The van der Waals surface area contributed by atoms with Crippen LogP contribution >= 0.6 is 0 Å². The van der Waals surface area contributed by atoms with Gasteiger partial charge in [-0.2, -0.15) is 0 Å². The van der Waals surface area contributed by atoms with E-state index in [0.717, 1.165) is 12.0 Å². The molecule has 0 bridgehead atoms. The third-order valence-corrected chi connectivity index (χ3v) is 3.89. The Bertz CT molecular complexity index is 708. The summed E-state index contributed by atoms with van der Waals surface area (Å²) in [5, 5.41) is 12.1. The summed E-state index contributed by atoms with van der Waals surface area (Å²) in [6, 6.07) is 13.4. The summed E-state index contributed by atoms with van der Waals surface area (Å²) in [6.45, 7) is 0. The van der Waals surface area contributed by atoms with E-state index >= 15 is 0 Å². The summed E-state index contributed by atoms with van der Waals surface area (Å²) in [6.07, 6.45) is 0.802. The molecule has 4 N–H and O–H groups in total. The zero-order chi connectivity index (χ0) is 15.7. The minimum atomic E-state index is -0.493. The van der Waals surface area contributed by atoms with Crippen molar-refractivity contribution in [2.45, 2.75) is 12.3 Å². The Morgan fingerprint density at radius 1 is 1.05 bits per heavy atom. The Morgan fingerprint density at radius 2 is 1.68 bits per heavy atom. The number of carbonyl (C=O) groups excluding carboxylic acids is 2. The maximum Gasteiger partial charge on any atom is 0.248 e. The maximum atomic E-state index is 12.2. The summed E-state index contributed by atoms with van der Waals surface area (Å²) in [7, 11) is 0. The lowest BCUT2D eigenvalue weighted by molar-refractivity contribution is -0.117. The van der Waals surface area contributed by atoms with Crippen LogP contribution in [0, 0.1) is 5.92 Å². The topological polar surface area (TPSA) is 92.4 Å². The van der Waals surface area contributed by atoms with E-state index in [1.165, 1.54) is 0 Å². The van der Waals surface area contributed by atoms with Crippen molar-refractivity contribution in [1.82, 2.24) is 0 Å². The Hall–Kier alpha value is -2.82. The van der Waals surface area contributed by atoms with Gasteiger partial charge in [0, 0.05) is 17.2 Å². The number of rotatable bonds is 4. The maximum absolute atomic E-state index is 12.2. The average molecular weight is 296 g/mol. The fraction of sp³-hybridized carbons (Fsp3) is 0.176. The molecular formula is C17H16N2O3. The summed E-state index contributed by atoms with van der Waals surface area (Å²) < 4.78 is 0. The van der Waals surface area contributed by atoms with Gasteiger partial charge in [-0.15, -0.1) is 0 Å². The Morgan fingerprint density at radius 3 is 2.27 bits per heavy atom. The average Bonchev–Trinajstić information content (AvgIpc) is 3.29. The van der Waals surface area contributed by atoms with Gasteiger partial charge in [0.15, 0.2) is 0 Å². The van der Waals surface area contributed by atoms with Gasteiger partial charge < -0.3 is 16.2 Å². The highest BCUT2D eigenvalue weighted by Crippen LogP contribution is 2.48. The van der Waals surface area contributed by atoms with Gasteiger partial charge in [0.1, 0.15) is 5.75 Å². The van der Waals surface area contributed by atoms with Crippen molar-refractivity contribution in [3.8, 4) is 5.75 Å². The molecule has 0 spiro atoms. The predicted molar refractivity (Wildman–Crippen MR) is 82.5 cm³/mol. The molecule has 2 unspecified atom stereocenters. The largest absolute Gasteiger partial charge is 0.508 e. The highest BCUT2D eigenvalue weighted by molar-refractivity contribution is 5.96. The van der Waals surface area contributed by atoms with Crippen LogP contribution in [0.25, 0.3) is 0 Å². The smallest absolute Gasteiger partial charge is 0.248 e. The van der Waals surface area contributed by atoms with Crippen molar-refractivity contribution in [1.29, 1.82) is 0 Å². The number of carbonyl (C=O) groups is 2. The van der Waals surface area contributed by atoms with Crippen LogP contribution in [0.4, 0.5) is 5.69 Å². The number of amides is 2. The van der Waals surface area contributed by atoms with Crippen LogP contribution in [0.1, 0.15) is 28.3 Å². The molecule has 5 nitrogen and oxygen atoms in total. The van der Waals surface area contributed by atoms with Crippen molar-refractivity contribution in [2.24, 2.45) is 11.7 Å². The van der Waals surface area contributed by atoms with Crippen LogP contribution in [0.15, 0.2) is 48.5 Å². The van der Waals surface area contributed by atoms with Crippen LogP contribution in [-0.4, -0.2) is 16.9 Å². The van der Waals surface area contributed by atoms with Gasteiger partial charge in [0.05, 0.1) is 0 Å². The number of aromatic hydroxyl groups is 1. The standard InChI is InChI=1S/C17H16N2O3/c18-16(21)11-1-5-12(6-2-11)19-17(22)15-9-14(15)10-3-7-13(20)8-4-10/h1-8,14-15,20H,9H2,(H2,18,21)(H,19,22). The first-order valence-corrected chi connectivity index (χ1v) is 7.04. The number of phenolic OH excluding ortho intramolecular Hbond substituents is 1. The number of nitrogens with two attached hydrogens (primary N) is 1. The highest BCUT2D eigenvalue weighted by Gasteiger charge is 2.43. The SMILES string of the molecule is NC(=O)c1ccc(NC(=O)C2CC2c2ccc(O)cc2)cc1. The quantitative estimate of drug-likeness (QED) is 0.807. The Balaban J connectivity index is 1.61. The molecule has 0 radical (unpaired) electrons. The molecule has 2 aromatic rings. The van der Waals surface area contributed by atoms with Crippen molar-refractivity contribution < 1.29 is 14.7 Å². The predicted octanol–water partition coefficient (Wildman–Crippen LogP) is 2.23. The second kappa shape index (κ2) is 5.52.